The van der Waals surface area contributed by atoms with Gasteiger partial charge in [0.1, 0.15) is 0 Å². The van der Waals surface area contributed by atoms with Gasteiger partial charge in [0.05, 0.1) is 5.00 Å². The molecular weight excluding hydrogens is 290 g/mol. The average molecular weight is 318 g/mol. The van der Waals surface area contributed by atoms with Gasteiger partial charge < -0.3 is 10.2 Å². The number of thiophene rings is 1. The van der Waals surface area contributed by atoms with Crippen LogP contribution < -0.4 is 10.2 Å². The number of hydrogen-bond acceptors (Lipinski definition) is 4. The number of hydrogen-bond donors (Lipinski definition) is 1. The summed E-state index contributed by atoms with van der Waals surface area (Å²) in [5, 5.41) is 4.74. The topological polar surface area (TPSA) is 18.5 Å². The number of anilines is 1. The highest BCUT2D eigenvalue weighted by Gasteiger charge is 2.40. The van der Waals surface area contributed by atoms with Crippen molar-refractivity contribution >= 4 is 16.3 Å². The average Bonchev–Trinajstić information content (AvgIpc) is 3.06. The molecule has 22 heavy (non-hydrogen) atoms. The molecule has 2 bridgehead atoms. The van der Waals surface area contributed by atoms with E-state index < -0.39 is 0 Å². The second-order valence-electron chi connectivity index (χ2n) is 6.39. The van der Waals surface area contributed by atoms with Crippen molar-refractivity contribution in [3.63, 3.8) is 0 Å². The Morgan fingerprint density at radius 3 is 3.00 bits per heavy atom. The van der Waals surface area contributed by atoms with Crippen LogP contribution in [-0.4, -0.2) is 37.1 Å². The molecule has 1 aromatic heterocycles. The van der Waals surface area contributed by atoms with Crippen molar-refractivity contribution in [2.45, 2.75) is 44.7 Å². The number of nitrogens with one attached hydrogen (secondary N) is 1. The maximum Gasteiger partial charge on any atom is 0.0954 e. The van der Waals surface area contributed by atoms with E-state index in [1.807, 2.05) is 11.3 Å². The molecule has 2 unspecified atom stereocenters. The van der Waals surface area contributed by atoms with E-state index in [-0.39, 0.29) is 0 Å². The van der Waals surface area contributed by atoms with E-state index in [1.54, 1.807) is 0 Å². The molecule has 1 N–H and O–H groups in total. The Bertz CT molecular complexity index is 562. The van der Waals surface area contributed by atoms with E-state index in [1.165, 1.54) is 28.4 Å². The van der Waals surface area contributed by atoms with Gasteiger partial charge in [-0.1, -0.05) is 20.1 Å². The lowest BCUT2D eigenvalue weighted by Crippen LogP contribution is -2.49. The minimum absolute atomic E-state index is 0.541. The molecule has 1 aromatic rings. The zero-order valence-corrected chi connectivity index (χ0v) is 14.6. The molecule has 0 amide bonds. The van der Waals surface area contributed by atoms with E-state index in [0.717, 1.165) is 31.6 Å². The molecule has 2 saturated heterocycles. The smallest absolute Gasteiger partial charge is 0.0954 e. The molecule has 2 atom stereocenters. The predicted octanol–water partition coefficient (Wildman–Crippen LogP) is 3.60. The largest absolute Gasteiger partial charge is 0.388 e. The van der Waals surface area contributed by atoms with Crippen molar-refractivity contribution < 1.29 is 0 Å². The van der Waals surface area contributed by atoms with Crippen molar-refractivity contribution in [3.8, 4) is 0 Å². The summed E-state index contributed by atoms with van der Waals surface area (Å²) in [5.41, 5.74) is 2.41. The molecule has 2 aliphatic rings. The third-order valence-electron chi connectivity index (χ3n) is 5.05. The fourth-order valence-corrected chi connectivity index (χ4v) is 4.55. The second-order valence-corrected chi connectivity index (χ2v) is 7.53. The van der Waals surface area contributed by atoms with E-state index in [4.69, 9.17) is 0 Å². The Morgan fingerprint density at radius 2 is 2.23 bits per heavy atom. The summed E-state index contributed by atoms with van der Waals surface area (Å²) < 4.78 is 0. The van der Waals surface area contributed by atoms with E-state index in [0.29, 0.717) is 12.1 Å². The number of likely N-dealkylation sites (N-methyl/N-ethyl adjacent to an activating group) is 1. The van der Waals surface area contributed by atoms with E-state index >= 15 is 0 Å². The SMILES string of the molecule is C=C(CC)NCCc1ccc(N2CC3CCC(C2=C)N3C)s1. The normalized spacial score (nSPS) is 24.8. The molecule has 3 rings (SSSR count). The van der Waals surface area contributed by atoms with Crippen LogP contribution >= 0.6 is 11.3 Å². The first-order valence-corrected chi connectivity index (χ1v) is 9.10. The number of allylic oxidation sites excluding steroid dienone is 1. The van der Waals surface area contributed by atoms with Crippen LogP contribution in [-0.2, 0) is 6.42 Å². The third-order valence-corrected chi connectivity index (χ3v) is 6.22. The first-order chi connectivity index (χ1) is 10.6. The predicted molar refractivity (Wildman–Crippen MR) is 96.5 cm³/mol. The Labute approximate surface area is 138 Å². The molecule has 120 valence electrons. The van der Waals surface area contributed by atoms with Crippen molar-refractivity contribution in [2.75, 3.05) is 25.0 Å². The maximum atomic E-state index is 4.37. The molecule has 0 radical (unpaired) electrons. The van der Waals surface area contributed by atoms with Gasteiger partial charge in [0.2, 0.25) is 0 Å². The second kappa shape index (κ2) is 6.47. The number of rotatable bonds is 6. The zero-order valence-electron chi connectivity index (χ0n) is 13.8. The van der Waals surface area contributed by atoms with E-state index in [9.17, 15) is 0 Å². The summed E-state index contributed by atoms with van der Waals surface area (Å²) in [6, 6.07) is 5.77. The van der Waals surface area contributed by atoms with Gasteiger partial charge in [0, 0.05) is 41.4 Å². The molecule has 0 saturated carbocycles. The standard InChI is InChI=1S/C18H27N3S/c1-5-13(2)19-11-10-16-7-9-18(22-16)21-12-15-6-8-17(14(21)3)20(15)4/h7,9,15,17,19H,2-3,5-6,8,10-12H2,1,4H3. The molecule has 0 spiro atoms. The lowest BCUT2D eigenvalue weighted by Gasteiger charge is -2.41. The van der Waals surface area contributed by atoms with Crippen molar-refractivity contribution in [3.05, 3.63) is 41.6 Å². The summed E-state index contributed by atoms with van der Waals surface area (Å²) in [6.07, 6.45) is 4.63. The fraction of sp³-hybridized carbons (Fsp3) is 0.556. The Balaban J connectivity index is 1.62. The fourth-order valence-electron chi connectivity index (χ4n) is 3.51. The van der Waals surface area contributed by atoms with Crippen LogP contribution in [0.15, 0.2) is 36.7 Å². The first-order valence-electron chi connectivity index (χ1n) is 8.28. The lowest BCUT2D eigenvalue weighted by atomic mass is 10.1. The van der Waals surface area contributed by atoms with Crippen LogP contribution in [0.4, 0.5) is 5.00 Å². The van der Waals surface area contributed by atoms with Gasteiger partial charge in [-0.15, -0.1) is 11.3 Å². The lowest BCUT2D eigenvalue weighted by molar-refractivity contribution is 0.239. The monoisotopic (exact) mass is 317 g/mol. The van der Waals surface area contributed by atoms with Crippen molar-refractivity contribution in [1.82, 2.24) is 10.2 Å². The maximum absolute atomic E-state index is 4.37. The van der Waals surface area contributed by atoms with Crippen molar-refractivity contribution in [1.29, 1.82) is 0 Å². The number of nitrogens with zero attached hydrogens (tertiary/aromatic N) is 2. The number of fused-ring (bicyclic) bond motifs is 2. The Morgan fingerprint density at radius 1 is 1.41 bits per heavy atom. The van der Waals surface area contributed by atoms with Crippen LogP contribution in [0.2, 0.25) is 0 Å². The molecule has 4 heteroatoms. The van der Waals surface area contributed by atoms with Crippen LogP contribution in [0.3, 0.4) is 0 Å². The van der Waals surface area contributed by atoms with Crippen LogP contribution in [0, 0.1) is 0 Å². The summed E-state index contributed by atoms with van der Waals surface area (Å²) in [4.78, 5) is 6.40. The minimum atomic E-state index is 0.541. The Kier molecular flexibility index (Phi) is 4.59. The highest BCUT2D eigenvalue weighted by molar-refractivity contribution is 7.16. The minimum Gasteiger partial charge on any atom is -0.388 e. The van der Waals surface area contributed by atoms with Gasteiger partial charge in [0.25, 0.3) is 0 Å². The van der Waals surface area contributed by atoms with Gasteiger partial charge in [-0.25, -0.2) is 0 Å². The van der Waals surface area contributed by atoms with E-state index in [2.05, 4.69) is 54.4 Å². The van der Waals surface area contributed by atoms with Crippen LogP contribution in [0.25, 0.3) is 0 Å². The van der Waals surface area contributed by atoms with Gasteiger partial charge in [-0.2, -0.15) is 0 Å². The highest BCUT2D eigenvalue weighted by Crippen LogP contribution is 2.39. The van der Waals surface area contributed by atoms with Gasteiger partial charge in [-0.05, 0) is 44.9 Å². The summed E-state index contributed by atoms with van der Waals surface area (Å²) in [5.74, 6) is 0. The van der Waals surface area contributed by atoms with Gasteiger partial charge in [0.15, 0.2) is 0 Å². The zero-order chi connectivity index (χ0) is 15.7. The quantitative estimate of drug-likeness (QED) is 0.865. The molecule has 0 aromatic carbocycles. The number of piperazine rings is 1. The summed E-state index contributed by atoms with van der Waals surface area (Å²) >= 11 is 1.91. The molecule has 2 aliphatic heterocycles. The molecule has 3 heterocycles. The summed E-state index contributed by atoms with van der Waals surface area (Å²) in [7, 11) is 2.25. The molecule has 0 aliphatic carbocycles. The molecule has 3 nitrogen and oxygen atoms in total. The first kappa shape index (κ1) is 15.6. The Hall–Kier alpha value is -1.26. The highest BCUT2D eigenvalue weighted by atomic mass is 32.1. The van der Waals surface area contributed by atoms with Crippen molar-refractivity contribution in [2.24, 2.45) is 0 Å². The van der Waals surface area contributed by atoms with Gasteiger partial charge >= 0.3 is 0 Å². The van der Waals surface area contributed by atoms with Crippen LogP contribution in [0.1, 0.15) is 31.1 Å². The summed E-state index contributed by atoms with van der Waals surface area (Å²) in [6.45, 7) is 12.6. The van der Waals surface area contributed by atoms with Gasteiger partial charge in [-0.3, -0.25) is 4.90 Å². The molecule has 2 fully saturated rings. The van der Waals surface area contributed by atoms with Crippen LogP contribution in [0.5, 0.6) is 0 Å². The third kappa shape index (κ3) is 2.95. The molecular formula is C18H27N3S.